The van der Waals surface area contributed by atoms with Crippen molar-refractivity contribution in [1.29, 1.82) is 0 Å². The van der Waals surface area contributed by atoms with Crippen LogP contribution in [0.5, 0.6) is 0 Å². The van der Waals surface area contributed by atoms with Crippen molar-refractivity contribution >= 4 is 38.8 Å². The summed E-state index contributed by atoms with van der Waals surface area (Å²) in [5, 5.41) is 4.36. The highest BCUT2D eigenvalue weighted by Gasteiger charge is 2.30. The van der Waals surface area contributed by atoms with Crippen LogP contribution in [0.4, 0.5) is 5.82 Å². The smallest absolute Gasteiger partial charge is 0.252 e. The lowest BCUT2D eigenvalue weighted by molar-refractivity contribution is 0.384. The summed E-state index contributed by atoms with van der Waals surface area (Å²) in [6.45, 7) is 3.79. The van der Waals surface area contributed by atoms with Crippen LogP contribution >= 0.6 is 22.9 Å². The Hall–Kier alpha value is -2.01. The molecule has 0 N–H and O–H groups in total. The van der Waals surface area contributed by atoms with Gasteiger partial charge in [-0.1, -0.05) is 11.6 Å². The molecule has 3 aromatic rings. The van der Waals surface area contributed by atoms with E-state index in [1.807, 2.05) is 25.3 Å². The molecule has 0 saturated carbocycles. The van der Waals surface area contributed by atoms with Crippen LogP contribution in [0.2, 0.25) is 4.34 Å². The van der Waals surface area contributed by atoms with Crippen molar-refractivity contribution in [2.45, 2.75) is 11.1 Å². The SMILES string of the molecule is Cc1ccn(-c2cc(N3CCN(S(=O)(=O)c4ccc(Cl)s4)CC3)ncn2)n1. The molecule has 4 heterocycles. The summed E-state index contributed by atoms with van der Waals surface area (Å²) in [5.74, 6) is 1.43. The Bertz CT molecular complexity index is 1060. The molecule has 0 radical (unpaired) electrons. The van der Waals surface area contributed by atoms with E-state index in [2.05, 4.69) is 20.0 Å². The Labute approximate surface area is 166 Å². The largest absolute Gasteiger partial charge is 0.354 e. The number of sulfonamides is 1. The lowest BCUT2D eigenvalue weighted by Crippen LogP contribution is -2.48. The summed E-state index contributed by atoms with van der Waals surface area (Å²) >= 11 is 6.96. The number of nitrogens with zero attached hydrogens (tertiary/aromatic N) is 6. The number of halogens is 1. The summed E-state index contributed by atoms with van der Waals surface area (Å²) in [5.41, 5.74) is 0.905. The minimum Gasteiger partial charge on any atom is -0.354 e. The number of piperazine rings is 1. The summed E-state index contributed by atoms with van der Waals surface area (Å²) in [6, 6.07) is 6.92. The predicted molar refractivity (Wildman–Crippen MR) is 104 cm³/mol. The number of aryl methyl sites for hydroxylation is 1. The first-order chi connectivity index (χ1) is 12.9. The van der Waals surface area contributed by atoms with Crippen molar-refractivity contribution in [2.75, 3.05) is 31.1 Å². The van der Waals surface area contributed by atoms with Crippen LogP contribution < -0.4 is 4.90 Å². The van der Waals surface area contributed by atoms with Gasteiger partial charge in [-0.05, 0) is 25.1 Å². The lowest BCUT2D eigenvalue weighted by Gasteiger charge is -2.34. The van der Waals surface area contributed by atoms with Gasteiger partial charge in [0.05, 0.1) is 10.0 Å². The monoisotopic (exact) mass is 424 g/mol. The van der Waals surface area contributed by atoms with Crippen molar-refractivity contribution in [1.82, 2.24) is 24.1 Å². The van der Waals surface area contributed by atoms with E-state index < -0.39 is 10.0 Å². The average Bonchev–Trinajstić information content (AvgIpc) is 3.31. The van der Waals surface area contributed by atoms with E-state index in [9.17, 15) is 8.42 Å². The molecule has 1 aliphatic heterocycles. The summed E-state index contributed by atoms with van der Waals surface area (Å²) < 4.78 is 29.3. The standard InChI is InChI=1S/C16H17ClN6O2S2/c1-12-4-5-23(20-12)15-10-14(18-11-19-15)21-6-8-22(9-7-21)27(24,25)16-3-2-13(17)26-16/h2-5,10-11H,6-9H2,1H3. The van der Waals surface area contributed by atoms with Gasteiger partial charge in [0.15, 0.2) is 5.82 Å². The molecule has 3 aromatic heterocycles. The van der Waals surface area contributed by atoms with Gasteiger partial charge < -0.3 is 4.90 Å². The third kappa shape index (κ3) is 3.70. The first kappa shape index (κ1) is 18.4. The molecule has 11 heteroatoms. The first-order valence-corrected chi connectivity index (χ1v) is 10.9. The Morgan fingerprint density at radius 1 is 1.07 bits per heavy atom. The highest BCUT2D eigenvalue weighted by atomic mass is 35.5. The zero-order chi connectivity index (χ0) is 19.0. The van der Waals surface area contributed by atoms with Gasteiger partial charge in [0.25, 0.3) is 10.0 Å². The number of hydrogen-bond donors (Lipinski definition) is 0. The topological polar surface area (TPSA) is 84.2 Å². The molecule has 1 fully saturated rings. The number of thiophene rings is 1. The highest BCUT2D eigenvalue weighted by molar-refractivity contribution is 7.91. The van der Waals surface area contributed by atoms with Crippen LogP contribution in [0.3, 0.4) is 0 Å². The molecule has 142 valence electrons. The van der Waals surface area contributed by atoms with Gasteiger partial charge in [-0.25, -0.2) is 23.1 Å². The minimum absolute atomic E-state index is 0.277. The van der Waals surface area contributed by atoms with Crippen LogP contribution in [-0.2, 0) is 10.0 Å². The second-order valence-corrected chi connectivity index (χ2v) is 9.97. The molecule has 0 bridgehead atoms. The third-order valence-corrected chi connectivity index (χ3v) is 7.90. The van der Waals surface area contributed by atoms with E-state index in [0.717, 1.165) is 22.8 Å². The molecule has 27 heavy (non-hydrogen) atoms. The zero-order valence-corrected chi connectivity index (χ0v) is 16.9. The van der Waals surface area contributed by atoms with Gasteiger partial charge in [-0.15, -0.1) is 11.3 Å². The molecule has 1 saturated heterocycles. The number of hydrogen-bond acceptors (Lipinski definition) is 7. The number of rotatable bonds is 4. The third-order valence-electron chi connectivity index (χ3n) is 4.30. The fourth-order valence-corrected chi connectivity index (χ4v) is 5.96. The maximum Gasteiger partial charge on any atom is 0.252 e. The van der Waals surface area contributed by atoms with Crippen LogP contribution in [0.15, 0.2) is 41.0 Å². The molecule has 0 aliphatic carbocycles. The van der Waals surface area contributed by atoms with Gasteiger partial charge in [0.2, 0.25) is 0 Å². The molecule has 0 amide bonds. The minimum atomic E-state index is -3.50. The molecule has 0 unspecified atom stereocenters. The Morgan fingerprint density at radius 3 is 2.44 bits per heavy atom. The molecule has 1 aliphatic rings. The van der Waals surface area contributed by atoms with Gasteiger partial charge in [0, 0.05) is 38.4 Å². The molecular weight excluding hydrogens is 408 g/mol. The van der Waals surface area contributed by atoms with E-state index in [4.69, 9.17) is 11.6 Å². The summed E-state index contributed by atoms with van der Waals surface area (Å²) in [7, 11) is -3.50. The van der Waals surface area contributed by atoms with Crippen LogP contribution in [0.25, 0.3) is 5.82 Å². The Kier molecular flexibility index (Phi) is 4.89. The van der Waals surface area contributed by atoms with Crippen molar-refractivity contribution < 1.29 is 8.42 Å². The van der Waals surface area contributed by atoms with Gasteiger partial charge in [-0.3, -0.25) is 0 Å². The van der Waals surface area contributed by atoms with Crippen molar-refractivity contribution in [3.8, 4) is 5.82 Å². The lowest BCUT2D eigenvalue weighted by atomic mass is 10.3. The van der Waals surface area contributed by atoms with Crippen molar-refractivity contribution in [2.24, 2.45) is 0 Å². The van der Waals surface area contributed by atoms with E-state index in [0.29, 0.717) is 36.3 Å². The maximum absolute atomic E-state index is 12.7. The van der Waals surface area contributed by atoms with E-state index in [1.165, 1.54) is 10.6 Å². The molecular formula is C16H17ClN6O2S2. The van der Waals surface area contributed by atoms with Gasteiger partial charge in [0.1, 0.15) is 16.4 Å². The van der Waals surface area contributed by atoms with Gasteiger partial charge >= 0.3 is 0 Å². The fraction of sp³-hybridized carbons (Fsp3) is 0.312. The Morgan fingerprint density at radius 2 is 1.81 bits per heavy atom. The molecule has 0 aromatic carbocycles. The van der Waals surface area contributed by atoms with Crippen LogP contribution in [-0.4, -0.2) is 58.7 Å². The number of anilines is 1. The summed E-state index contributed by atoms with van der Waals surface area (Å²) in [6.07, 6.45) is 3.34. The van der Waals surface area contributed by atoms with Crippen molar-refractivity contribution in [3.05, 3.63) is 46.8 Å². The van der Waals surface area contributed by atoms with Crippen LogP contribution in [0, 0.1) is 6.92 Å². The van der Waals surface area contributed by atoms with Crippen molar-refractivity contribution in [3.63, 3.8) is 0 Å². The predicted octanol–water partition coefficient (Wildman–Crippen LogP) is 2.20. The highest BCUT2D eigenvalue weighted by Crippen LogP contribution is 2.29. The molecule has 0 atom stereocenters. The van der Waals surface area contributed by atoms with E-state index in [1.54, 1.807) is 16.8 Å². The second kappa shape index (κ2) is 7.19. The molecule has 0 spiro atoms. The first-order valence-electron chi connectivity index (χ1n) is 8.28. The summed E-state index contributed by atoms with van der Waals surface area (Å²) in [4.78, 5) is 10.6. The Balaban J connectivity index is 1.48. The number of aromatic nitrogens is 4. The average molecular weight is 425 g/mol. The van der Waals surface area contributed by atoms with E-state index >= 15 is 0 Å². The van der Waals surface area contributed by atoms with Crippen LogP contribution in [0.1, 0.15) is 5.69 Å². The molecule has 4 rings (SSSR count). The quantitative estimate of drug-likeness (QED) is 0.638. The molecule has 8 nitrogen and oxygen atoms in total. The maximum atomic E-state index is 12.7. The normalized spacial score (nSPS) is 16.0. The zero-order valence-electron chi connectivity index (χ0n) is 14.5. The van der Waals surface area contributed by atoms with E-state index in [-0.39, 0.29) is 4.21 Å². The second-order valence-electron chi connectivity index (χ2n) is 6.09. The fourth-order valence-electron chi connectivity index (χ4n) is 2.90. The van der Waals surface area contributed by atoms with Gasteiger partial charge in [-0.2, -0.15) is 9.40 Å².